The third-order valence-electron chi connectivity index (χ3n) is 5.47. The number of hydrogen-bond acceptors (Lipinski definition) is 4. The Kier molecular flexibility index (Phi) is 4.46. The van der Waals surface area contributed by atoms with Gasteiger partial charge in [0.05, 0.1) is 18.3 Å². The third kappa shape index (κ3) is 3.28. The molecule has 2 aromatic rings. The second-order valence-electron chi connectivity index (χ2n) is 7.34. The maximum atomic E-state index is 5.67. The number of furan rings is 1. The van der Waals surface area contributed by atoms with Crippen LogP contribution in [-0.2, 0) is 13.6 Å². The molecule has 1 aliphatic heterocycles. The van der Waals surface area contributed by atoms with E-state index in [1.165, 1.54) is 37.9 Å². The van der Waals surface area contributed by atoms with Crippen molar-refractivity contribution in [2.75, 3.05) is 13.1 Å². The van der Waals surface area contributed by atoms with E-state index in [1.807, 2.05) is 19.2 Å². The number of hydrogen-bond donors (Lipinski definition) is 1. The average molecular weight is 328 g/mol. The molecular formula is C19H28N4O. The van der Waals surface area contributed by atoms with Gasteiger partial charge in [0.1, 0.15) is 11.5 Å². The first-order valence-corrected chi connectivity index (χ1v) is 9.22. The van der Waals surface area contributed by atoms with Crippen LogP contribution in [0.4, 0.5) is 0 Å². The van der Waals surface area contributed by atoms with E-state index in [9.17, 15) is 0 Å². The zero-order chi connectivity index (χ0) is 16.5. The van der Waals surface area contributed by atoms with Gasteiger partial charge in [-0.2, -0.15) is 5.10 Å². The van der Waals surface area contributed by atoms with Gasteiger partial charge in [0.2, 0.25) is 0 Å². The molecule has 2 aliphatic rings. The average Bonchev–Trinajstić information content (AvgIpc) is 3.22. The van der Waals surface area contributed by atoms with Crippen LogP contribution < -0.4 is 5.32 Å². The van der Waals surface area contributed by atoms with Gasteiger partial charge in [-0.05, 0) is 63.3 Å². The highest BCUT2D eigenvalue weighted by Crippen LogP contribution is 2.42. The lowest BCUT2D eigenvalue weighted by Gasteiger charge is -2.41. The Bertz CT molecular complexity index is 672. The molecule has 0 aromatic carbocycles. The molecule has 2 fully saturated rings. The summed E-state index contributed by atoms with van der Waals surface area (Å²) in [6.07, 6.45) is 7.24. The molecule has 24 heavy (non-hydrogen) atoms. The number of nitrogens with zero attached hydrogens (tertiary/aromatic N) is 3. The molecule has 4 rings (SSSR count). The molecule has 0 bridgehead atoms. The van der Waals surface area contributed by atoms with Crippen LogP contribution in [0.25, 0.3) is 0 Å². The topological polar surface area (TPSA) is 46.2 Å². The fraction of sp³-hybridized carbons (Fsp3) is 0.632. The highest BCUT2D eigenvalue weighted by atomic mass is 16.3. The zero-order valence-electron chi connectivity index (χ0n) is 14.7. The quantitative estimate of drug-likeness (QED) is 0.885. The van der Waals surface area contributed by atoms with Crippen LogP contribution in [0.3, 0.4) is 0 Å². The van der Waals surface area contributed by atoms with Crippen molar-refractivity contribution in [3.63, 3.8) is 0 Å². The number of aryl methyl sites for hydroxylation is 2. The van der Waals surface area contributed by atoms with Crippen molar-refractivity contribution >= 4 is 0 Å². The number of rotatable bonds is 6. The smallest absolute Gasteiger partial charge is 0.117 e. The molecule has 0 radical (unpaired) electrons. The van der Waals surface area contributed by atoms with E-state index < -0.39 is 0 Å². The summed E-state index contributed by atoms with van der Waals surface area (Å²) in [4.78, 5) is 2.74. The molecule has 0 unspecified atom stereocenters. The van der Waals surface area contributed by atoms with E-state index in [-0.39, 0.29) is 0 Å². The molecular weight excluding hydrogens is 300 g/mol. The standard InChI is InChI=1S/C19H28N4O/c1-14-5-8-17(24-14)13-20-12-15-4-3-11-23(16-6-7-16)19(15)18-9-10-21-22(18)2/h5,8-10,15-16,19-20H,3-4,6-7,11-13H2,1-2H3/t15-,19+/m0/s1. The zero-order valence-corrected chi connectivity index (χ0v) is 14.7. The van der Waals surface area contributed by atoms with Gasteiger partial charge in [0.15, 0.2) is 0 Å². The van der Waals surface area contributed by atoms with E-state index >= 15 is 0 Å². The van der Waals surface area contributed by atoms with Crippen molar-refractivity contribution < 1.29 is 4.42 Å². The van der Waals surface area contributed by atoms with E-state index in [4.69, 9.17) is 4.42 Å². The Morgan fingerprint density at radius 1 is 1.25 bits per heavy atom. The van der Waals surface area contributed by atoms with Crippen LogP contribution in [0.15, 0.2) is 28.8 Å². The molecule has 2 atom stereocenters. The first-order valence-electron chi connectivity index (χ1n) is 9.22. The SMILES string of the molecule is Cc1ccc(CNC[C@@H]2CCCN(C3CC3)[C@H]2c2ccnn2C)o1. The second-order valence-corrected chi connectivity index (χ2v) is 7.34. The van der Waals surface area contributed by atoms with Gasteiger partial charge in [-0.1, -0.05) is 0 Å². The molecule has 1 saturated carbocycles. The first kappa shape index (κ1) is 15.9. The summed E-state index contributed by atoms with van der Waals surface area (Å²) >= 11 is 0. The molecule has 1 saturated heterocycles. The summed E-state index contributed by atoms with van der Waals surface area (Å²) < 4.78 is 7.74. The Labute approximate surface area is 144 Å². The maximum Gasteiger partial charge on any atom is 0.117 e. The summed E-state index contributed by atoms with van der Waals surface area (Å²) in [6, 6.07) is 7.59. The van der Waals surface area contributed by atoms with Crippen LogP contribution in [0.2, 0.25) is 0 Å². The van der Waals surface area contributed by atoms with Crippen molar-refractivity contribution in [3.05, 3.63) is 41.6 Å². The number of aromatic nitrogens is 2. The number of nitrogens with one attached hydrogen (secondary N) is 1. The van der Waals surface area contributed by atoms with Crippen molar-refractivity contribution in [2.45, 2.75) is 51.2 Å². The minimum Gasteiger partial charge on any atom is -0.465 e. The van der Waals surface area contributed by atoms with Crippen molar-refractivity contribution in [3.8, 4) is 0 Å². The van der Waals surface area contributed by atoms with Crippen LogP contribution >= 0.6 is 0 Å². The summed E-state index contributed by atoms with van der Waals surface area (Å²) in [6.45, 7) is 5.07. The molecule has 0 spiro atoms. The monoisotopic (exact) mass is 328 g/mol. The molecule has 130 valence electrons. The fourth-order valence-corrected chi connectivity index (χ4v) is 4.18. The lowest BCUT2D eigenvalue weighted by Crippen LogP contribution is -2.44. The van der Waals surface area contributed by atoms with Crippen LogP contribution in [-0.4, -0.2) is 33.8 Å². The largest absolute Gasteiger partial charge is 0.465 e. The minimum absolute atomic E-state index is 0.490. The summed E-state index contributed by atoms with van der Waals surface area (Å²) in [7, 11) is 2.07. The van der Waals surface area contributed by atoms with Gasteiger partial charge < -0.3 is 9.73 Å². The Balaban J connectivity index is 1.45. The second kappa shape index (κ2) is 6.73. The molecule has 1 N–H and O–H groups in total. The van der Waals surface area contributed by atoms with E-state index in [2.05, 4.69) is 39.2 Å². The molecule has 3 heterocycles. The van der Waals surface area contributed by atoms with Crippen LogP contribution in [0, 0.1) is 12.8 Å². The van der Waals surface area contributed by atoms with E-state index in [0.29, 0.717) is 12.0 Å². The normalized spacial score (nSPS) is 25.2. The van der Waals surface area contributed by atoms with Gasteiger partial charge in [-0.25, -0.2) is 0 Å². The van der Waals surface area contributed by atoms with Crippen molar-refractivity contribution in [2.24, 2.45) is 13.0 Å². The van der Waals surface area contributed by atoms with E-state index in [0.717, 1.165) is 30.7 Å². The molecule has 5 heteroatoms. The molecule has 0 amide bonds. The third-order valence-corrected chi connectivity index (χ3v) is 5.47. The first-order chi connectivity index (χ1) is 11.7. The minimum atomic E-state index is 0.490. The number of likely N-dealkylation sites (tertiary alicyclic amines) is 1. The Morgan fingerprint density at radius 3 is 2.79 bits per heavy atom. The maximum absolute atomic E-state index is 5.67. The molecule has 5 nitrogen and oxygen atoms in total. The molecule has 2 aromatic heterocycles. The van der Waals surface area contributed by atoms with Crippen LogP contribution in [0.5, 0.6) is 0 Å². The summed E-state index contributed by atoms with van der Waals surface area (Å²) in [5, 5.41) is 8.05. The van der Waals surface area contributed by atoms with Gasteiger partial charge in [-0.3, -0.25) is 9.58 Å². The van der Waals surface area contributed by atoms with Gasteiger partial charge >= 0.3 is 0 Å². The van der Waals surface area contributed by atoms with Gasteiger partial charge in [-0.15, -0.1) is 0 Å². The van der Waals surface area contributed by atoms with Gasteiger partial charge in [0, 0.05) is 25.8 Å². The summed E-state index contributed by atoms with van der Waals surface area (Å²) in [5.41, 5.74) is 1.36. The fourth-order valence-electron chi connectivity index (χ4n) is 4.18. The molecule has 1 aliphatic carbocycles. The van der Waals surface area contributed by atoms with Crippen molar-refractivity contribution in [1.29, 1.82) is 0 Å². The Hall–Kier alpha value is -1.59. The van der Waals surface area contributed by atoms with Crippen molar-refractivity contribution in [1.82, 2.24) is 20.0 Å². The van der Waals surface area contributed by atoms with E-state index in [1.54, 1.807) is 0 Å². The van der Waals surface area contributed by atoms with Crippen LogP contribution in [0.1, 0.15) is 48.9 Å². The lowest BCUT2D eigenvalue weighted by molar-refractivity contribution is 0.0774. The summed E-state index contributed by atoms with van der Waals surface area (Å²) in [5.74, 6) is 2.64. The highest BCUT2D eigenvalue weighted by Gasteiger charge is 2.41. The number of piperidine rings is 1. The predicted octanol–water partition coefficient (Wildman–Crippen LogP) is 3.03. The lowest BCUT2D eigenvalue weighted by atomic mass is 9.86. The highest BCUT2D eigenvalue weighted by molar-refractivity contribution is 5.12. The predicted molar refractivity (Wildman–Crippen MR) is 93.6 cm³/mol. The van der Waals surface area contributed by atoms with Gasteiger partial charge in [0.25, 0.3) is 0 Å². The Morgan fingerprint density at radius 2 is 2.12 bits per heavy atom.